The Hall–Kier alpha value is -3.55. The third-order valence-electron chi connectivity index (χ3n) is 4.28. The minimum Gasteiger partial charge on any atom is -0.433 e. The number of carbonyl (C=O) groups is 3. The average Bonchev–Trinajstić information content (AvgIpc) is 3.15. The van der Waals surface area contributed by atoms with Crippen molar-refractivity contribution in [3.63, 3.8) is 0 Å². The summed E-state index contributed by atoms with van der Waals surface area (Å²) in [7, 11) is 0. The van der Waals surface area contributed by atoms with E-state index in [-0.39, 0.29) is 5.90 Å². The van der Waals surface area contributed by atoms with Crippen LogP contribution >= 0.6 is 0 Å². The molecule has 1 spiro atoms. The first-order valence-electron chi connectivity index (χ1n) is 7.90. The molecule has 1 unspecified atom stereocenters. The molecule has 0 aliphatic carbocycles. The van der Waals surface area contributed by atoms with Crippen molar-refractivity contribution < 1.29 is 19.1 Å². The van der Waals surface area contributed by atoms with Crippen LogP contribution in [0.2, 0.25) is 0 Å². The summed E-state index contributed by atoms with van der Waals surface area (Å²) in [6.07, 6.45) is 3.10. The van der Waals surface area contributed by atoms with Gasteiger partial charge >= 0.3 is 11.6 Å². The largest absolute Gasteiger partial charge is 0.433 e. The van der Waals surface area contributed by atoms with Gasteiger partial charge in [0.2, 0.25) is 17.7 Å². The zero-order chi connectivity index (χ0) is 18.5. The van der Waals surface area contributed by atoms with E-state index in [0.717, 1.165) is 9.91 Å². The Balaban J connectivity index is 1.92. The van der Waals surface area contributed by atoms with E-state index in [0.29, 0.717) is 16.8 Å². The molecule has 0 saturated carbocycles. The van der Waals surface area contributed by atoms with Crippen LogP contribution in [0.4, 0.5) is 5.69 Å². The molecule has 130 valence electrons. The molecule has 0 N–H and O–H groups in total. The highest BCUT2D eigenvalue weighted by atomic mass is 16.6. The zero-order valence-electron chi connectivity index (χ0n) is 14.0. The van der Waals surface area contributed by atoms with Crippen LogP contribution in [0.3, 0.4) is 0 Å². The Bertz CT molecular complexity index is 972. The van der Waals surface area contributed by atoms with Crippen LogP contribution in [0.5, 0.6) is 0 Å². The van der Waals surface area contributed by atoms with Crippen molar-refractivity contribution in [2.75, 3.05) is 4.90 Å². The summed E-state index contributed by atoms with van der Waals surface area (Å²) in [6.45, 7) is 2.57. The van der Waals surface area contributed by atoms with Gasteiger partial charge in [-0.15, -0.1) is 5.10 Å². The summed E-state index contributed by atoms with van der Waals surface area (Å²) >= 11 is 0. The number of pyridine rings is 1. The van der Waals surface area contributed by atoms with Gasteiger partial charge in [0.15, 0.2) is 0 Å². The van der Waals surface area contributed by atoms with E-state index in [1.54, 1.807) is 48.8 Å². The van der Waals surface area contributed by atoms with Crippen LogP contribution in [-0.4, -0.2) is 33.6 Å². The number of ether oxygens (including phenoxy) is 1. The van der Waals surface area contributed by atoms with E-state index in [1.807, 2.05) is 0 Å². The molecule has 3 heterocycles. The number of imide groups is 1. The lowest BCUT2D eigenvalue weighted by atomic mass is 10.0. The van der Waals surface area contributed by atoms with Crippen molar-refractivity contribution in [1.29, 1.82) is 0 Å². The maximum absolute atomic E-state index is 13.2. The summed E-state index contributed by atoms with van der Waals surface area (Å²) in [5.41, 5.74) is -0.493. The first kappa shape index (κ1) is 15.9. The van der Waals surface area contributed by atoms with Gasteiger partial charge in [-0.1, -0.05) is 18.2 Å². The molecule has 0 bridgehead atoms. The van der Waals surface area contributed by atoms with Crippen LogP contribution in [0.15, 0.2) is 53.9 Å². The van der Waals surface area contributed by atoms with Gasteiger partial charge < -0.3 is 4.74 Å². The fourth-order valence-electron chi connectivity index (χ4n) is 3.22. The summed E-state index contributed by atoms with van der Waals surface area (Å²) in [5.74, 6) is -1.52. The van der Waals surface area contributed by atoms with Crippen molar-refractivity contribution in [3.05, 3.63) is 59.9 Å². The van der Waals surface area contributed by atoms with E-state index >= 15 is 0 Å². The van der Waals surface area contributed by atoms with Gasteiger partial charge in [-0.05, 0) is 18.2 Å². The maximum atomic E-state index is 13.2. The van der Waals surface area contributed by atoms with Crippen molar-refractivity contribution in [2.24, 2.45) is 5.10 Å². The number of nitrogens with zero attached hydrogens (tertiary/aromatic N) is 4. The molecule has 1 atom stereocenters. The van der Waals surface area contributed by atoms with Gasteiger partial charge in [-0.2, -0.15) is 5.01 Å². The molecule has 1 aromatic heterocycles. The number of carbonyl (C=O) groups excluding carboxylic acids is 3. The highest BCUT2D eigenvalue weighted by Crippen LogP contribution is 2.48. The Morgan fingerprint density at radius 3 is 2.38 bits per heavy atom. The van der Waals surface area contributed by atoms with Gasteiger partial charge in [0.1, 0.15) is 0 Å². The number of benzene rings is 1. The molecule has 0 radical (unpaired) electrons. The summed E-state index contributed by atoms with van der Waals surface area (Å²) in [5, 5.41) is 5.22. The minimum absolute atomic E-state index is 0.108. The number of amides is 3. The molecule has 4 rings (SSSR count). The Morgan fingerprint density at radius 1 is 1.04 bits per heavy atom. The molecule has 8 nitrogen and oxygen atoms in total. The smallest absolute Gasteiger partial charge is 0.314 e. The van der Waals surface area contributed by atoms with Gasteiger partial charge in [0, 0.05) is 31.8 Å². The van der Waals surface area contributed by atoms with E-state index in [9.17, 15) is 14.4 Å². The zero-order valence-corrected chi connectivity index (χ0v) is 14.0. The number of rotatable bonds is 1. The number of anilines is 1. The highest BCUT2D eigenvalue weighted by molar-refractivity contribution is 6.23. The normalized spacial score (nSPS) is 20.8. The Kier molecular flexibility index (Phi) is 3.36. The lowest BCUT2D eigenvalue weighted by molar-refractivity contribution is -0.162. The van der Waals surface area contributed by atoms with Crippen molar-refractivity contribution >= 4 is 29.3 Å². The van der Waals surface area contributed by atoms with E-state index in [1.165, 1.54) is 13.8 Å². The molecule has 26 heavy (non-hydrogen) atoms. The molecule has 2 aliphatic rings. The van der Waals surface area contributed by atoms with Crippen molar-refractivity contribution in [3.8, 4) is 0 Å². The lowest BCUT2D eigenvalue weighted by Crippen LogP contribution is -2.52. The van der Waals surface area contributed by atoms with Crippen molar-refractivity contribution in [2.45, 2.75) is 19.6 Å². The van der Waals surface area contributed by atoms with Crippen LogP contribution < -0.4 is 4.90 Å². The SMILES string of the molecule is CC(=O)N1C(=O)C2(OC(c3ccncc3)=NN2C(C)=O)c2ccccc21. The van der Waals surface area contributed by atoms with E-state index < -0.39 is 23.4 Å². The maximum Gasteiger partial charge on any atom is 0.314 e. The predicted molar refractivity (Wildman–Crippen MR) is 90.7 cm³/mol. The topological polar surface area (TPSA) is 92.2 Å². The Labute approximate surface area is 148 Å². The number of aromatic nitrogens is 1. The van der Waals surface area contributed by atoms with Crippen LogP contribution in [0.1, 0.15) is 25.0 Å². The molecule has 1 aromatic carbocycles. The van der Waals surface area contributed by atoms with Crippen LogP contribution in [0.25, 0.3) is 0 Å². The lowest BCUT2D eigenvalue weighted by Gasteiger charge is -2.28. The quantitative estimate of drug-likeness (QED) is 0.774. The third-order valence-corrected chi connectivity index (χ3v) is 4.28. The number of para-hydroxylation sites is 1. The summed E-state index contributed by atoms with van der Waals surface area (Å²) in [4.78, 5) is 42.5. The minimum atomic E-state index is -1.83. The molecule has 0 fully saturated rings. The second kappa shape index (κ2) is 5.48. The monoisotopic (exact) mass is 350 g/mol. The molecule has 2 aromatic rings. The second-order valence-corrected chi connectivity index (χ2v) is 5.89. The predicted octanol–water partition coefficient (Wildman–Crippen LogP) is 1.37. The summed E-state index contributed by atoms with van der Waals surface area (Å²) in [6, 6.07) is 10.0. The fourth-order valence-corrected chi connectivity index (χ4v) is 3.22. The van der Waals surface area contributed by atoms with Crippen LogP contribution in [0, 0.1) is 0 Å². The molecule has 2 aliphatic heterocycles. The second-order valence-electron chi connectivity index (χ2n) is 5.89. The van der Waals surface area contributed by atoms with Gasteiger partial charge in [-0.25, -0.2) is 4.90 Å². The third kappa shape index (κ3) is 1.98. The average molecular weight is 350 g/mol. The number of hydrazone groups is 1. The molecule has 0 saturated heterocycles. The molecular weight excluding hydrogens is 336 g/mol. The van der Waals surface area contributed by atoms with Crippen LogP contribution in [-0.2, 0) is 24.8 Å². The highest BCUT2D eigenvalue weighted by Gasteiger charge is 2.63. The number of fused-ring (bicyclic) bond motifs is 2. The standard InChI is InChI=1S/C18H14N4O4/c1-11(23)21-15-6-4-3-5-14(15)18(17(21)25)22(12(2)24)20-16(26-18)13-7-9-19-10-8-13/h3-10H,1-2H3. The number of hydrogen-bond acceptors (Lipinski definition) is 6. The van der Waals surface area contributed by atoms with Gasteiger partial charge in [-0.3, -0.25) is 19.4 Å². The molecule has 3 amide bonds. The molecular formula is C18H14N4O4. The van der Waals surface area contributed by atoms with Crippen molar-refractivity contribution in [1.82, 2.24) is 9.99 Å². The first-order chi connectivity index (χ1) is 12.5. The van der Waals surface area contributed by atoms with Gasteiger partial charge in [0.05, 0.1) is 11.3 Å². The van der Waals surface area contributed by atoms with E-state index in [2.05, 4.69) is 10.1 Å². The number of hydrogen-bond donors (Lipinski definition) is 0. The van der Waals surface area contributed by atoms with Gasteiger partial charge in [0.25, 0.3) is 0 Å². The van der Waals surface area contributed by atoms with E-state index in [4.69, 9.17) is 4.74 Å². The fraction of sp³-hybridized carbons (Fsp3) is 0.167. The first-order valence-corrected chi connectivity index (χ1v) is 7.90. The summed E-state index contributed by atoms with van der Waals surface area (Å²) < 4.78 is 5.97. The Morgan fingerprint density at radius 2 is 1.73 bits per heavy atom. The molecule has 8 heteroatoms.